The number of amides is 2. The van der Waals surface area contributed by atoms with E-state index in [-0.39, 0.29) is 12.5 Å². The van der Waals surface area contributed by atoms with Crippen LogP contribution in [0.3, 0.4) is 0 Å². The Balaban J connectivity index is 1.86. The normalized spacial score (nSPS) is 10.1. The average molecular weight is 384 g/mol. The molecule has 7 nitrogen and oxygen atoms in total. The molecule has 0 spiro atoms. The number of hydrogen-bond donors (Lipinski definition) is 2. The van der Waals surface area contributed by atoms with Gasteiger partial charge in [0.05, 0.1) is 13.7 Å². The minimum Gasteiger partial charge on any atom is -0.494 e. The van der Waals surface area contributed by atoms with Crippen molar-refractivity contribution < 1.29 is 23.9 Å². The van der Waals surface area contributed by atoms with E-state index in [1.807, 2.05) is 31.2 Å². The van der Waals surface area contributed by atoms with Crippen LogP contribution in [0.1, 0.15) is 29.3 Å². The minimum atomic E-state index is -0.525. The molecule has 28 heavy (non-hydrogen) atoms. The molecule has 2 amide bonds. The Hall–Kier alpha value is -3.35. The first kappa shape index (κ1) is 21.0. The summed E-state index contributed by atoms with van der Waals surface area (Å²) in [6, 6.07) is 14.1. The van der Waals surface area contributed by atoms with E-state index in [2.05, 4.69) is 15.4 Å². The fraction of sp³-hybridized carbons (Fsp3) is 0.286. The molecule has 0 atom stereocenters. The molecule has 2 aromatic carbocycles. The number of benzene rings is 2. The fourth-order valence-corrected chi connectivity index (χ4v) is 2.51. The zero-order valence-corrected chi connectivity index (χ0v) is 16.0. The fourth-order valence-electron chi connectivity index (χ4n) is 2.51. The second kappa shape index (κ2) is 10.7. The van der Waals surface area contributed by atoms with Crippen molar-refractivity contribution in [2.24, 2.45) is 0 Å². The number of rotatable bonds is 9. The van der Waals surface area contributed by atoms with Crippen LogP contribution in [-0.4, -0.2) is 38.0 Å². The number of hydrogen-bond acceptors (Lipinski definition) is 5. The number of carbonyl (C=O) groups is 3. The van der Waals surface area contributed by atoms with Gasteiger partial charge in [-0.05, 0) is 49.2 Å². The molecular weight excluding hydrogens is 360 g/mol. The van der Waals surface area contributed by atoms with Gasteiger partial charge in [0, 0.05) is 17.7 Å². The highest BCUT2D eigenvalue weighted by Crippen LogP contribution is 2.20. The summed E-state index contributed by atoms with van der Waals surface area (Å²) in [6.07, 6.45) is 0.876. The van der Waals surface area contributed by atoms with Gasteiger partial charge >= 0.3 is 5.97 Å². The molecule has 148 valence electrons. The lowest BCUT2D eigenvalue weighted by molar-refractivity contribution is -0.139. The summed E-state index contributed by atoms with van der Waals surface area (Å²) in [6.45, 7) is 2.29. The van der Waals surface area contributed by atoms with Crippen LogP contribution in [0.4, 0.5) is 5.69 Å². The summed E-state index contributed by atoms with van der Waals surface area (Å²) in [5.41, 5.74) is 1.96. The van der Waals surface area contributed by atoms with Crippen LogP contribution in [0.5, 0.6) is 5.75 Å². The molecule has 0 heterocycles. The van der Waals surface area contributed by atoms with Crippen LogP contribution < -0.4 is 15.4 Å². The predicted molar refractivity (Wildman–Crippen MR) is 105 cm³/mol. The number of ether oxygens (including phenoxy) is 2. The molecule has 0 fully saturated rings. The van der Waals surface area contributed by atoms with E-state index in [9.17, 15) is 14.4 Å². The summed E-state index contributed by atoms with van der Waals surface area (Å²) in [5, 5.41) is 5.25. The van der Waals surface area contributed by atoms with E-state index in [0.717, 1.165) is 11.3 Å². The average Bonchev–Trinajstić information content (AvgIpc) is 2.72. The smallest absolute Gasteiger partial charge is 0.325 e. The van der Waals surface area contributed by atoms with Crippen LogP contribution >= 0.6 is 0 Å². The van der Waals surface area contributed by atoms with Crippen molar-refractivity contribution in [3.8, 4) is 5.75 Å². The van der Waals surface area contributed by atoms with Crippen molar-refractivity contribution in [1.82, 2.24) is 5.32 Å². The lowest BCUT2D eigenvalue weighted by Crippen LogP contribution is -2.30. The van der Waals surface area contributed by atoms with Crippen molar-refractivity contribution in [2.75, 3.05) is 25.6 Å². The van der Waals surface area contributed by atoms with E-state index in [1.165, 1.54) is 7.11 Å². The quantitative estimate of drug-likeness (QED) is 0.648. The Morgan fingerprint density at radius 3 is 2.39 bits per heavy atom. The van der Waals surface area contributed by atoms with Gasteiger partial charge in [-0.1, -0.05) is 18.2 Å². The second-order valence-corrected chi connectivity index (χ2v) is 5.93. The number of aryl methyl sites for hydroxylation is 1. The van der Waals surface area contributed by atoms with Crippen LogP contribution in [0.15, 0.2) is 48.5 Å². The third-order valence-corrected chi connectivity index (χ3v) is 3.95. The van der Waals surface area contributed by atoms with E-state index in [4.69, 9.17) is 4.74 Å². The summed E-state index contributed by atoms with van der Waals surface area (Å²) in [7, 11) is 1.25. The molecule has 2 aromatic rings. The molecule has 0 radical (unpaired) electrons. The Labute approximate surface area is 164 Å². The first-order valence-electron chi connectivity index (χ1n) is 8.99. The summed E-state index contributed by atoms with van der Waals surface area (Å²) >= 11 is 0. The summed E-state index contributed by atoms with van der Waals surface area (Å²) in [4.78, 5) is 35.2. The molecule has 0 aliphatic carbocycles. The van der Waals surface area contributed by atoms with Gasteiger partial charge in [0.1, 0.15) is 12.3 Å². The molecular formula is C21H24N2O5. The molecule has 0 aliphatic rings. The van der Waals surface area contributed by atoms with Gasteiger partial charge in [-0.15, -0.1) is 0 Å². The number of nitrogens with one attached hydrogen (secondary N) is 2. The van der Waals surface area contributed by atoms with Gasteiger partial charge in [-0.25, -0.2) is 0 Å². The first-order chi connectivity index (χ1) is 13.5. The SMILES string of the molecule is CCOc1ccccc1CCC(=O)Nc1ccc(C(=O)NCC(=O)OC)cc1. The molecule has 0 aromatic heterocycles. The van der Waals surface area contributed by atoms with Crippen molar-refractivity contribution in [3.05, 3.63) is 59.7 Å². The maximum atomic E-state index is 12.2. The lowest BCUT2D eigenvalue weighted by Gasteiger charge is -2.10. The number of anilines is 1. The zero-order valence-electron chi connectivity index (χ0n) is 16.0. The van der Waals surface area contributed by atoms with E-state index in [1.54, 1.807) is 24.3 Å². The van der Waals surface area contributed by atoms with Gasteiger partial charge in [0.15, 0.2) is 0 Å². The van der Waals surface area contributed by atoms with Crippen molar-refractivity contribution in [1.29, 1.82) is 0 Å². The highest BCUT2D eigenvalue weighted by atomic mass is 16.5. The Morgan fingerprint density at radius 2 is 1.71 bits per heavy atom. The summed E-state index contributed by atoms with van der Waals surface area (Å²) < 4.78 is 10.0. The lowest BCUT2D eigenvalue weighted by atomic mass is 10.1. The molecule has 0 unspecified atom stereocenters. The molecule has 2 N–H and O–H groups in total. The van der Waals surface area contributed by atoms with E-state index < -0.39 is 11.9 Å². The topological polar surface area (TPSA) is 93.7 Å². The van der Waals surface area contributed by atoms with Crippen molar-refractivity contribution in [3.63, 3.8) is 0 Å². The van der Waals surface area contributed by atoms with Crippen molar-refractivity contribution >= 4 is 23.5 Å². The monoisotopic (exact) mass is 384 g/mol. The predicted octanol–water partition coefficient (Wildman–Crippen LogP) is 2.56. The molecule has 7 heteroatoms. The second-order valence-electron chi connectivity index (χ2n) is 5.93. The van der Waals surface area contributed by atoms with E-state index >= 15 is 0 Å². The molecule has 0 saturated heterocycles. The van der Waals surface area contributed by atoms with Crippen molar-refractivity contribution in [2.45, 2.75) is 19.8 Å². The van der Waals surface area contributed by atoms with Crippen LogP contribution in [0.25, 0.3) is 0 Å². The standard InChI is InChI=1S/C21H24N2O5/c1-3-28-18-7-5-4-6-15(18)10-13-19(24)23-17-11-8-16(9-12-17)21(26)22-14-20(25)27-2/h4-9,11-12H,3,10,13-14H2,1-2H3,(H,22,26)(H,23,24). The highest BCUT2D eigenvalue weighted by Gasteiger charge is 2.10. The maximum absolute atomic E-state index is 12.2. The Bertz CT molecular complexity index is 818. The number of esters is 1. The van der Waals surface area contributed by atoms with Gasteiger partial charge in [-0.3, -0.25) is 14.4 Å². The third kappa shape index (κ3) is 6.42. The number of methoxy groups -OCH3 is 1. The molecule has 0 bridgehead atoms. The van der Waals surface area contributed by atoms with Crippen LogP contribution in [-0.2, 0) is 20.7 Å². The van der Waals surface area contributed by atoms with Crippen LogP contribution in [0, 0.1) is 0 Å². The van der Waals surface area contributed by atoms with E-state index in [0.29, 0.717) is 30.7 Å². The Kier molecular flexibility index (Phi) is 8.02. The Morgan fingerprint density at radius 1 is 1.00 bits per heavy atom. The highest BCUT2D eigenvalue weighted by molar-refractivity contribution is 5.97. The maximum Gasteiger partial charge on any atom is 0.325 e. The van der Waals surface area contributed by atoms with Gasteiger partial charge in [-0.2, -0.15) is 0 Å². The molecule has 2 rings (SSSR count). The first-order valence-corrected chi connectivity index (χ1v) is 8.99. The largest absolute Gasteiger partial charge is 0.494 e. The molecule has 0 aliphatic heterocycles. The number of para-hydroxylation sites is 1. The van der Waals surface area contributed by atoms with Gasteiger partial charge < -0.3 is 20.1 Å². The number of carbonyl (C=O) groups excluding carboxylic acids is 3. The third-order valence-electron chi connectivity index (χ3n) is 3.95. The zero-order chi connectivity index (χ0) is 20.4. The molecule has 0 saturated carbocycles. The van der Waals surface area contributed by atoms with Gasteiger partial charge in [0.25, 0.3) is 5.91 Å². The van der Waals surface area contributed by atoms with Crippen LogP contribution in [0.2, 0.25) is 0 Å². The minimum absolute atomic E-state index is 0.130. The van der Waals surface area contributed by atoms with Gasteiger partial charge in [0.2, 0.25) is 5.91 Å². The summed E-state index contributed by atoms with van der Waals surface area (Å²) in [5.74, 6) is -0.256.